The molecule has 2 aromatic rings. The Morgan fingerprint density at radius 1 is 1.30 bits per heavy atom. The van der Waals surface area contributed by atoms with Gasteiger partial charge in [-0.05, 0) is 57.6 Å². The summed E-state index contributed by atoms with van der Waals surface area (Å²) in [5.41, 5.74) is 0.482. The van der Waals surface area contributed by atoms with Crippen molar-refractivity contribution in [1.29, 1.82) is 0 Å². The quantitative estimate of drug-likeness (QED) is 0.697. The van der Waals surface area contributed by atoms with Crippen molar-refractivity contribution in [2.75, 3.05) is 13.7 Å². The van der Waals surface area contributed by atoms with Crippen LogP contribution < -0.4 is 5.32 Å². The Morgan fingerprint density at radius 3 is 2.63 bits per heavy atom. The van der Waals surface area contributed by atoms with Gasteiger partial charge in [0.2, 0.25) is 0 Å². The summed E-state index contributed by atoms with van der Waals surface area (Å²) in [6.07, 6.45) is 4.70. The molecule has 1 N–H and O–H groups in total. The maximum Gasteiger partial charge on any atom is 0.407 e. The lowest BCUT2D eigenvalue weighted by molar-refractivity contribution is -0.144. The number of methoxy groups -OCH3 is 1. The molecule has 0 radical (unpaired) electrons. The lowest BCUT2D eigenvalue weighted by atomic mass is 9.94. The van der Waals surface area contributed by atoms with Crippen LogP contribution in [0.15, 0.2) is 42.9 Å². The molecular formula is C23H31N3O4. The predicted octanol–water partition coefficient (Wildman–Crippen LogP) is 3.85. The van der Waals surface area contributed by atoms with Gasteiger partial charge in [-0.3, -0.25) is 4.79 Å². The SMILES string of the molecule is COC(=O)[C@]1(c2cn(-c3ccccc3)cn2)C[C@@H]1CC(C)CNC(=O)OC(C)(C)C. The molecule has 3 atom stereocenters. The smallest absolute Gasteiger partial charge is 0.407 e. The van der Waals surface area contributed by atoms with Crippen molar-refractivity contribution < 1.29 is 19.1 Å². The first-order valence-corrected chi connectivity index (χ1v) is 10.3. The van der Waals surface area contributed by atoms with Gasteiger partial charge in [-0.1, -0.05) is 25.1 Å². The number of rotatable bonds is 7. The number of para-hydroxylation sites is 1. The minimum absolute atomic E-state index is 0.125. The Morgan fingerprint density at radius 2 is 2.00 bits per heavy atom. The number of aromatic nitrogens is 2. The van der Waals surface area contributed by atoms with Crippen LogP contribution in [-0.2, 0) is 19.7 Å². The summed E-state index contributed by atoms with van der Waals surface area (Å²) in [5, 5.41) is 2.81. The van der Waals surface area contributed by atoms with E-state index in [1.165, 1.54) is 7.11 Å². The van der Waals surface area contributed by atoms with Crippen LogP contribution in [-0.4, -0.2) is 40.9 Å². The Balaban J connectivity index is 1.65. The summed E-state index contributed by atoms with van der Waals surface area (Å²) in [6.45, 7) is 8.04. The highest BCUT2D eigenvalue weighted by Crippen LogP contribution is 2.57. The van der Waals surface area contributed by atoms with Gasteiger partial charge >= 0.3 is 12.1 Å². The van der Waals surface area contributed by atoms with E-state index in [2.05, 4.69) is 17.2 Å². The molecule has 1 aliphatic rings. The van der Waals surface area contributed by atoms with E-state index in [1.807, 2.05) is 61.9 Å². The number of carbonyl (C=O) groups excluding carboxylic acids is 2. The molecule has 162 valence electrons. The Kier molecular flexibility index (Phi) is 6.19. The van der Waals surface area contributed by atoms with Gasteiger partial charge in [-0.2, -0.15) is 0 Å². The molecule has 30 heavy (non-hydrogen) atoms. The molecule has 1 aromatic carbocycles. The summed E-state index contributed by atoms with van der Waals surface area (Å²) in [5.74, 6) is 0.0582. The second-order valence-corrected chi connectivity index (χ2v) is 9.09. The Hall–Kier alpha value is -2.83. The normalized spacial score (nSPS) is 21.6. The summed E-state index contributed by atoms with van der Waals surface area (Å²) >= 11 is 0. The highest BCUT2D eigenvalue weighted by molar-refractivity contribution is 5.86. The van der Waals surface area contributed by atoms with Crippen LogP contribution >= 0.6 is 0 Å². The number of alkyl carbamates (subject to hydrolysis) is 1. The zero-order valence-corrected chi connectivity index (χ0v) is 18.3. The summed E-state index contributed by atoms with van der Waals surface area (Å²) in [6, 6.07) is 9.87. The zero-order chi connectivity index (χ0) is 21.9. The third-order valence-corrected chi connectivity index (χ3v) is 5.43. The van der Waals surface area contributed by atoms with E-state index in [9.17, 15) is 9.59 Å². The van der Waals surface area contributed by atoms with Crippen LogP contribution in [0.5, 0.6) is 0 Å². The standard InChI is InChI=1S/C23H31N3O4/c1-16(13-24-21(28)30-22(2,3)4)11-17-12-23(17,20(27)29-5)19-14-26(15-25-19)18-9-7-6-8-10-18/h6-10,14-17H,11-13H2,1-5H3,(H,24,28)/t16?,17-,23+/m0/s1. The average molecular weight is 414 g/mol. The fourth-order valence-electron chi connectivity index (χ4n) is 3.90. The summed E-state index contributed by atoms with van der Waals surface area (Å²) in [4.78, 5) is 29.1. The largest absolute Gasteiger partial charge is 0.468 e. The van der Waals surface area contributed by atoms with Crippen molar-refractivity contribution in [1.82, 2.24) is 14.9 Å². The molecule has 1 amide bonds. The molecule has 0 bridgehead atoms. The number of benzene rings is 1. The molecule has 1 saturated carbocycles. The van der Waals surface area contributed by atoms with E-state index in [0.717, 1.165) is 17.8 Å². The second kappa shape index (κ2) is 8.50. The molecule has 0 aliphatic heterocycles. The first kappa shape index (κ1) is 21.9. The van der Waals surface area contributed by atoms with Gasteiger partial charge in [-0.15, -0.1) is 0 Å². The zero-order valence-electron chi connectivity index (χ0n) is 18.3. The first-order chi connectivity index (χ1) is 14.2. The fraction of sp³-hybridized carbons (Fsp3) is 0.522. The Labute approximate surface area is 177 Å². The fourth-order valence-corrected chi connectivity index (χ4v) is 3.90. The van der Waals surface area contributed by atoms with Crippen molar-refractivity contribution in [3.63, 3.8) is 0 Å². The van der Waals surface area contributed by atoms with Crippen molar-refractivity contribution in [3.05, 3.63) is 48.5 Å². The van der Waals surface area contributed by atoms with E-state index in [1.54, 1.807) is 6.33 Å². The second-order valence-electron chi connectivity index (χ2n) is 9.09. The van der Waals surface area contributed by atoms with Gasteiger partial charge in [0.25, 0.3) is 0 Å². The molecule has 1 heterocycles. The van der Waals surface area contributed by atoms with Crippen LogP contribution in [0.3, 0.4) is 0 Å². The van der Waals surface area contributed by atoms with Gasteiger partial charge in [0.15, 0.2) is 0 Å². The van der Waals surface area contributed by atoms with Gasteiger partial charge in [0, 0.05) is 18.4 Å². The number of nitrogens with one attached hydrogen (secondary N) is 1. The molecule has 3 rings (SSSR count). The third kappa shape index (κ3) is 4.83. The van der Waals surface area contributed by atoms with E-state index in [-0.39, 0.29) is 17.8 Å². The molecule has 7 heteroatoms. The number of nitrogens with zero attached hydrogens (tertiary/aromatic N) is 2. The minimum Gasteiger partial charge on any atom is -0.468 e. The third-order valence-electron chi connectivity index (χ3n) is 5.43. The van der Waals surface area contributed by atoms with Crippen molar-refractivity contribution in [3.8, 4) is 5.69 Å². The molecule has 7 nitrogen and oxygen atoms in total. The van der Waals surface area contributed by atoms with Crippen molar-refractivity contribution >= 4 is 12.1 Å². The van der Waals surface area contributed by atoms with E-state index in [0.29, 0.717) is 13.0 Å². The van der Waals surface area contributed by atoms with Gasteiger partial charge in [0.05, 0.1) is 19.1 Å². The molecule has 1 aromatic heterocycles. The van der Waals surface area contributed by atoms with Crippen LogP contribution in [0.2, 0.25) is 0 Å². The monoisotopic (exact) mass is 413 g/mol. The summed E-state index contributed by atoms with van der Waals surface area (Å²) < 4.78 is 12.3. The lowest BCUT2D eigenvalue weighted by Gasteiger charge is -2.21. The molecule has 0 saturated heterocycles. The molecule has 1 aliphatic carbocycles. The highest BCUT2D eigenvalue weighted by Gasteiger charge is 2.63. The number of carbonyl (C=O) groups is 2. The van der Waals surface area contributed by atoms with Crippen molar-refractivity contribution in [2.24, 2.45) is 11.8 Å². The topological polar surface area (TPSA) is 82.5 Å². The maximum atomic E-state index is 12.7. The molecule has 1 fully saturated rings. The maximum absolute atomic E-state index is 12.7. The van der Waals surface area contributed by atoms with Crippen LogP contribution in [0.1, 0.15) is 46.2 Å². The van der Waals surface area contributed by atoms with Gasteiger partial charge in [0.1, 0.15) is 11.0 Å². The lowest BCUT2D eigenvalue weighted by Crippen LogP contribution is -2.35. The minimum atomic E-state index is -0.713. The van der Waals surface area contributed by atoms with Crippen LogP contribution in [0.4, 0.5) is 4.79 Å². The van der Waals surface area contributed by atoms with Crippen LogP contribution in [0.25, 0.3) is 5.69 Å². The average Bonchev–Trinajstić information content (AvgIpc) is 3.18. The van der Waals surface area contributed by atoms with Crippen LogP contribution in [0, 0.1) is 11.8 Å². The van der Waals surface area contributed by atoms with E-state index < -0.39 is 17.1 Å². The number of esters is 1. The molecular weight excluding hydrogens is 382 g/mol. The first-order valence-electron chi connectivity index (χ1n) is 10.3. The number of amides is 1. The van der Waals surface area contributed by atoms with E-state index >= 15 is 0 Å². The van der Waals surface area contributed by atoms with Gasteiger partial charge < -0.3 is 19.4 Å². The number of hydrogen-bond donors (Lipinski definition) is 1. The number of hydrogen-bond acceptors (Lipinski definition) is 5. The summed E-state index contributed by atoms with van der Waals surface area (Å²) in [7, 11) is 1.42. The Bertz CT molecular complexity index is 887. The van der Waals surface area contributed by atoms with Crippen molar-refractivity contribution in [2.45, 2.75) is 51.6 Å². The molecule has 0 spiro atoms. The van der Waals surface area contributed by atoms with E-state index in [4.69, 9.17) is 9.47 Å². The molecule has 1 unspecified atom stereocenters. The highest BCUT2D eigenvalue weighted by atomic mass is 16.6. The van der Waals surface area contributed by atoms with Gasteiger partial charge in [-0.25, -0.2) is 9.78 Å². The number of ether oxygens (including phenoxy) is 2. The predicted molar refractivity (Wildman–Crippen MR) is 113 cm³/mol. The number of imidazole rings is 1.